The monoisotopic (exact) mass is 462 g/mol. The first-order valence-corrected chi connectivity index (χ1v) is 13.0. The zero-order valence-electron chi connectivity index (χ0n) is 19.9. The average Bonchev–Trinajstić information content (AvgIpc) is 3.69. The fourth-order valence-electron chi connectivity index (χ4n) is 6.34. The number of hydrogen-bond donors (Lipinski definition) is 2. The molecule has 34 heavy (non-hydrogen) atoms. The Balaban J connectivity index is 1.31. The topological polar surface area (TPSA) is 101 Å². The van der Waals surface area contributed by atoms with Crippen molar-refractivity contribution in [3.05, 3.63) is 22.6 Å². The molecule has 4 fully saturated rings. The summed E-state index contributed by atoms with van der Waals surface area (Å²) < 4.78 is 3.99. The fraction of sp³-hybridized carbons (Fsp3) is 0.640. The Labute approximate surface area is 198 Å². The fourth-order valence-corrected chi connectivity index (χ4v) is 6.34. The third kappa shape index (κ3) is 3.27. The summed E-state index contributed by atoms with van der Waals surface area (Å²) >= 11 is 0. The van der Waals surface area contributed by atoms with Crippen molar-refractivity contribution >= 4 is 22.5 Å². The van der Waals surface area contributed by atoms with E-state index in [-0.39, 0.29) is 17.4 Å². The van der Waals surface area contributed by atoms with Gasteiger partial charge in [0.25, 0.3) is 5.56 Å². The lowest BCUT2D eigenvalue weighted by atomic mass is 10.0. The van der Waals surface area contributed by atoms with Crippen LogP contribution in [0.4, 0.5) is 11.6 Å². The van der Waals surface area contributed by atoms with Gasteiger partial charge in [-0.2, -0.15) is 10.2 Å². The highest BCUT2D eigenvalue weighted by atomic mass is 16.1. The Hall–Kier alpha value is -2.81. The van der Waals surface area contributed by atoms with E-state index in [0.717, 1.165) is 30.2 Å². The molecule has 9 nitrogen and oxygen atoms in total. The lowest BCUT2D eigenvalue weighted by Crippen LogP contribution is -2.46. The van der Waals surface area contributed by atoms with Crippen molar-refractivity contribution in [3.8, 4) is 11.3 Å². The Morgan fingerprint density at radius 3 is 2.56 bits per heavy atom. The van der Waals surface area contributed by atoms with E-state index >= 15 is 0 Å². The van der Waals surface area contributed by atoms with Crippen molar-refractivity contribution in [3.63, 3.8) is 0 Å². The van der Waals surface area contributed by atoms with Gasteiger partial charge in [-0.3, -0.25) is 14.6 Å². The first kappa shape index (κ1) is 20.6. The molecule has 3 aromatic heterocycles. The molecule has 1 atom stereocenters. The Bertz CT molecular complexity index is 1280. The molecule has 2 aliphatic carbocycles. The molecule has 3 aromatic rings. The van der Waals surface area contributed by atoms with Crippen LogP contribution in [0.5, 0.6) is 0 Å². The lowest BCUT2D eigenvalue weighted by molar-refractivity contribution is 0.170. The quantitative estimate of drug-likeness (QED) is 0.560. The predicted molar refractivity (Wildman–Crippen MR) is 133 cm³/mol. The number of aromatic amines is 1. The molecule has 0 amide bonds. The maximum Gasteiger partial charge on any atom is 0.264 e. The summed E-state index contributed by atoms with van der Waals surface area (Å²) in [5, 5.41) is 12.7. The normalized spacial score (nSPS) is 23.4. The van der Waals surface area contributed by atoms with Crippen LogP contribution in [0.1, 0.15) is 51.0 Å². The van der Waals surface area contributed by atoms with Gasteiger partial charge in [-0.25, -0.2) is 0 Å². The molecule has 7 rings (SSSR count). The van der Waals surface area contributed by atoms with Gasteiger partial charge in [0.05, 0.1) is 11.2 Å². The number of H-pyrrole nitrogens is 1. The molecule has 4 aliphatic rings. The number of rotatable bonds is 7. The molecule has 0 spiro atoms. The summed E-state index contributed by atoms with van der Waals surface area (Å²) in [6.07, 6.45) is 10.7. The van der Waals surface area contributed by atoms with Crippen LogP contribution in [-0.2, 0) is 7.05 Å². The van der Waals surface area contributed by atoms with Gasteiger partial charge < -0.3 is 20.1 Å². The van der Waals surface area contributed by atoms with Crippen LogP contribution in [0, 0.1) is 11.8 Å². The van der Waals surface area contributed by atoms with Crippen LogP contribution in [0.3, 0.4) is 0 Å². The molecule has 5 heterocycles. The minimum Gasteiger partial charge on any atom is -0.382 e. The van der Waals surface area contributed by atoms with Gasteiger partial charge in [-0.1, -0.05) is 0 Å². The van der Waals surface area contributed by atoms with E-state index in [1.807, 2.05) is 22.5 Å². The number of aryl methyl sites for hydroxylation is 1. The van der Waals surface area contributed by atoms with Crippen LogP contribution in [0.2, 0.25) is 0 Å². The van der Waals surface area contributed by atoms with Gasteiger partial charge >= 0.3 is 0 Å². The molecule has 2 saturated carbocycles. The van der Waals surface area contributed by atoms with E-state index in [0.29, 0.717) is 28.8 Å². The van der Waals surface area contributed by atoms with E-state index in [1.54, 1.807) is 0 Å². The SMILES string of the molecule is Cn1nc(-c2cn(C(C3CC3)C3CC3)c(=O)c3c(N)n[nH]c23)cc1N1CCC[C@H]1CN1CCC1. The lowest BCUT2D eigenvalue weighted by Gasteiger charge is -2.36. The van der Waals surface area contributed by atoms with Crippen LogP contribution >= 0.6 is 0 Å². The average molecular weight is 463 g/mol. The molecule has 2 aliphatic heterocycles. The highest BCUT2D eigenvalue weighted by Gasteiger charge is 2.43. The highest BCUT2D eigenvalue weighted by molar-refractivity contribution is 5.97. The van der Waals surface area contributed by atoms with E-state index in [9.17, 15) is 4.79 Å². The number of nitrogens with one attached hydrogen (secondary N) is 1. The summed E-state index contributed by atoms with van der Waals surface area (Å²) in [6, 6.07) is 3.00. The Morgan fingerprint density at radius 1 is 1.12 bits per heavy atom. The highest BCUT2D eigenvalue weighted by Crippen LogP contribution is 2.52. The first-order valence-electron chi connectivity index (χ1n) is 13.0. The van der Waals surface area contributed by atoms with E-state index in [2.05, 4.69) is 26.1 Å². The second kappa shape index (κ2) is 7.60. The number of fused-ring (bicyclic) bond motifs is 1. The molecule has 0 radical (unpaired) electrons. The second-order valence-electron chi connectivity index (χ2n) is 10.9. The van der Waals surface area contributed by atoms with E-state index < -0.39 is 0 Å². The number of aromatic nitrogens is 5. The molecule has 0 bridgehead atoms. The van der Waals surface area contributed by atoms with E-state index in [4.69, 9.17) is 10.8 Å². The summed E-state index contributed by atoms with van der Waals surface area (Å²) in [7, 11) is 2.03. The number of nitrogens with two attached hydrogens (primary N) is 1. The number of nitrogens with zero attached hydrogens (tertiary/aromatic N) is 6. The third-order valence-corrected chi connectivity index (χ3v) is 8.53. The van der Waals surface area contributed by atoms with Gasteiger partial charge in [0, 0.05) is 50.0 Å². The predicted octanol–water partition coefficient (Wildman–Crippen LogP) is 2.74. The number of likely N-dealkylation sites (tertiary alicyclic amines) is 1. The summed E-state index contributed by atoms with van der Waals surface area (Å²) in [5.41, 5.74) is 8.68. The van der Waals surface area contributed by atoms with Crippen LogP contribution in [-0.4, -0.2) is 61.7 Å². The maximum absolute atomic E-state index is 13.5. The molecule has 9 heteroatoms. The summed E-state index contributed by atoms with van der Waals surface area (Å²) in [5.74, 6) is 2.65. The Morgan fingerprint density at radius 2 is 1.88 bits per heavy atom. The van der Waals surface area contributed by atoms with Crippen molar-refractivity contribution in [2.24, 2.45) is 18.9 Å². The largest absolute Gasteiger partial charge is 0.382 e. The van der Waals surface area contributed by atoms with Gasteiger partial charge in [0.15, 0.2) is 5.82 Å². The Kier molecular flexibility index (Phi) is 4.59. The zero-order valence-corrected chi connectivity index (χ0v) is 19.9. The van der Waals surface area contributed by atoms with Gasteiger partial charge in [0.1, 0.15) is 11.2 Å². The summed E-state index contributed by atoms with van der Waals surface area (Å²) in [4.78, 5) is 18.6. The molecule has 2 saturated heterocycles. The number of hydrogen-bond acceptors (Lipinski definition) is 6. The van der Waals surface area contributed by atoms with Crippen molar-refractivity contribution in [2.75, 3.05) is 36.8 Å². The van der Waals surface area contributed by atoms with Crippen molar-refractivity contribution in [2.45, 2.75) is 57.0 Å². The smallest absolute Gasteiger partial charge is 0.264 e. The van der Waals surface area contributed by atoms with Gasteiger partial charge in [-0.15, -0.1) is 0 Å². The van der Waals surface area contributed by atoms with E-state index in [1.165, 1.54) is 58.0 Å². The van der Waals surface area contributed by atoms with Crippen molar-refractivity contribution in [1.82, 2.24) is 29.4 Å². The maximum atomic E-state index is 13.5. The van der Waals surface area contributed by atoms with Crippen molar-refractivity contribution in [1.29, 1.82) is 0 Å². The standard InChI is InChI=1S/C25H34N8O/c1-30-20(32-11-2-4-17(32)13-31-9-3-10-31)12-19(29-30)18-14-33(23(15-5-6-15)16-7-8-16)25(34)21-22(18)27-28-24(21)26/h12,14-17,23H,2-11,13H2,1H3,(H3,26,27,28)/t17-/m0/s1. The van der Waals surface area contributed by atoms with Crippen molar-refractivity contribution < 1.29 is 0 Å². The molecule has 0 aromatic carbocycles. The molecule has 3 N–H and O–H groups in total. The first-order chi connectivity index (χ1) is 16.6. The second-order valence-corrected chi connectivity index (χ2v) is 10.9. The van der Waals surface area contributed by atoms with Gasteiger partial charge in [0.2, 0.25) is 0 Å². The minimum absolute atomic E-state index is 0.0147. The zero-order chi connectivity index (χ0) is 23.0. The number of nitrogen functional groups attached to an aromatic ring is 1. The molecule has 180 valence electrons. The number of pyridine rings is 1. The third-order valence-electron chi connectivity index (χ3n) is 8.53. The number of anilines is 2. The van der Waals surface area contributed by atoms with Gasteiger partial charge in [-0.05, 0) is 69.9 Å². The molecular formula is C25H34N8O. The summed E-state index contributed by atoms with van der Waals surface area (Å²) in [6.45, 7) is 4.65. The van der Waals surface area contributed by atoms with Crippen LogP contribution in [0.15, 0.2) is 17.1 Å². The van der Waals surface area contributed by atoms with Crippen LogP contribution in [0.25, 0.3) is 22.2 Å². The molecular weight excluding hydrogens is 428 g/mol. The molecule has 0 unspecified atom stereocenters. The minimum atomic E-state index is -0.0147. The van der Waals surface area contributed by atoms with Crippen LogP contribution < -0.4 is 16.2 Å².